The van der Waals surface area contributed by atoms with E-state index < -0.39 is 11.8 Å². The van der Waals surface area contributed by atoms with Gasteiger partial charge in [-0.05, 0) is 23.9 Å². The molecular weight excluding hydrogens is 202 g/mol. The number of hydrogen-bond donors (Lipinski definition) is 3. The van der Waals surface area contributed by atoms with Crippen LogP contribution in [0.15, 0.2) is 11.4 Å². The van der Waals surface area contributed by atoms with Crippen molar-refractivity contribution in [2.75, 3.05) is 0 Å². The molecule has 6 heteroatoms. The van der Waals surface area contributed by atoms with E-state index in [4.69, 9.17) is 5.84 Å². The molecule has 1 rings (SSSR count). The Morgan fingerprint density at radius 2 is 2.21 bits per heavy atom. The highest BCUT2D eigenvalue weighted by Gasteiger charge is 2.11. The van der Waals surface area contributed by atoms with Gasteiger partial charge in [-0.2, -0.15) is 0 Å². The first-order chi connectivity index (χ1) is 6.65. The molecule has 1 aromatic heterocycles. The minimum absolute atomic E-state index is 0.357. The molecule has 0 aliphatic heterocycles. The number of hydrogen-bond acceptors (Lipinski definition) is 4. The molecule has 0 aliphatic carbocycles. The summed E-state index contributed by atoms with van der Waals surface area (Å²) < 4.78 is 0. The van der Waals surface area contributed by atoms with Gasteiger partial charge in [0.2, 0.25) is 0 Å². The number of nitrogens with one attached hydrogen (secondary N) is 2. The molecule has 0 aliphatic rings. The van der Waals surface area contributed by atoms with Crippen LogP contribution in [0.3, 0.4) is 0 Å². The quantitative estimate of drug-likeness (QED) is 0.272. The zero-order valence-corrected chi connectivity index (χ0v) is 8.48. The third-order valence-corrected chi connectivity index (χ3v) is 2.74. The van der Waals surface area contributed by atoms with Gasteiger partial charge in [0, 0.05) is 4.88 Å². The van der Waals surface area contributed by atoms with Crippen molar-refractivity contribution in [1.29, 1.82) is 0 Å². The van der Waals surface area contributed by atoms with Crippen molar-refractivity contribution in [2.45, 2.75) is 13.5 Å². The van der Waals surface area contributed by atoms with Crippen molar-refractivity contribution in [3.63, 3.8) is 0 Å². The molecule has 0 fully saturated rings. The maximum Gasteiger partial charge on any atom is 0.323 e. The lowest BCUT2D eigenvalue weighted by Crippen LogP contribution is -2.42. The summed E-state index contributed by atoms with van der Waals surface area (Å²) in [6.07, 6.45) is 0. The van der Waals surface area contributed by atoms with Crippen LogP contribution in [-0.2, 0) is 16.1 Å². The van der Waals surface area contributed by atoms with Crippen LogP contribution < -0.4 is 16.6 Å². The zero-order valence-electron chi connectivity index (χ0n) is 7.66. The Balaban J connectivity index is 2.45. The van der Waals surface area contributed by atoms with Crippen LogP contribution in [0, 0.1) is 6.92 Å². The fourth-order valence-corrected chi connectivity index (χ4v) is 1.74. The molecule has 5 nitrogen and oxygen atoms in total. The van der Waals surface area contributed by atoms with Crippen LogP contribution in [0.1, 0.15) is 10.4 Å². The minimum atomic E-state index is -0.834. The first-order valence-corrected chi connectivity index (χ1v) is 4.85. The smallest absolute Gasteiger partial charge is 0.323 e. The summed E-state index contributed by atoms with van der Waals surface area (Å²) in [7, 11) is 0. The van der Waals surface area contributed by atoms with Crippen molar-refractivity contribution in [3.8, 4) is 0 Å². The molecular formula is C8H11N3O2S. The molecule has 14 heavy (non-hydrogen) atoms. The molecule has 2 amide bonds. The third-order valence-electron chi connectivity index (χ3n) is 1.71. The lowest BCUT2D eigenvalue weighted by molar-refractivity contribution is -0.139. The van der Waals surface area contributed by atoms with Gasteiger partial charge in [0.15, 0.2) is 0 Å². The van der Waals surface area contributed by atoms with Crippen LogP contribution in [0.2, 0.25) is 0 Å². The van der Waals surface area contributed by atoms with Crippen LogP contribution in [-0.4, -0.2) is 11.8 Å². The summed E-state index contributed by atoms with van der Waals surface area (Å²) in [5.74, 6) is 3.24. The summed E-state index contributed by atoms with van der Waals surface area (Å²) in [4.78, 5) is 22.7. The van der Waals surface area contributed by atoms with E-state index in [1.807, 2.05) is 18.4 Å². The van der Waals surface area contributed by atoms with Gasteiger partial charge in [-0.15, -0.1) is 11.3 Å². The largest absolute Gasteiger partial charge is 0.343 e. The predicted molar refractivity (Wildman–Crippen MR) is 53.2 cm³/mol. The Hall–Kier alpha value is -1.40. The van der Waals surface area contributed by atoms with E-state index in [2.05, 4.69) is 5.32 Å². The predicted octanol–water partition coefficient (Wildman–Crippen LogP) is -0.337. The van der Waals surface area contributed by atoms with Gasteiger partial charge in [-0.1, -0.05) is 0 Å². The van der Waals surface area contributed by atoms with Crippen LogP contribution >= 0.6 is 11.3 Å². The lowest BCUT2D eigenvalue weighted by Gasteiger charge is -2.02. The first-order valence-electron chi connectivity index (χ1n) is 3.97. The van der Waals surface area contributed by atoms with E-state index >= 15 is 0 Å². The molecule has 1 heterocycles. The van der Waals surface area contributed by atoms with Gasteiger partial charge >= 0.3 is 11.8 Å². The number of carbonyl (C=O) groups is 2. The molecule has 0 aromatic carbocycles. The van der Waals surface area contributed by atoms with Crippen LogP contribution in [0.25, 0.3) is 0 Å². The van der Waals surface area contributed by atoms with E-state index in [1.54, 1.807) is 5.43 Å². The fraction of sp³-hybridized carbons (Fsp3) is 0.250. The molecule has 0 radical (unpaired) electrons. The second-order valence-electron chi connectivity index (χ2n) is 2.68. The summed E-state index contributed by atoms with van der Waals surface area (Å²) in [6, 6.07) is 1.95. The minimum Gasteiger partial charge on any atom is -0.343 e. The van der Waals surface area contributed by atoms with Gasteiger partial charge in [0.05, 0.1) is 6.54 Å². The Morgan fingerprint density at radius 3 is 2.71 bits per heavy atom. The monoisotopic (exact) mass is 213 g/mol. The van der Waals surface area contributed by atoms with Crippen LogP contribution in [0.4, 0.5) is 0 Å². The Labute approximate surface area is 85.3 Å². The number of carbonyl (C=O) groups excluding carboxylic acids is 2. The van der Waals surface area contributed by atoms with Gasteiger partial charge in [0.25, 0.3) is 0 Å². The Kier molecular flexibility index (Phi) is 3.61. The summed E-state index contributed by atoms with van der Waals surface area (Å²) in [5.41, 5.74) is 2.86. The molecule has 1 aromatic rings. The summed E-state index contributed by atoms with van der Waals surface area (Å²) in [5, 5.41) is 4.39. The number of hydrazine groups is 1. The van der Waals surface area contributed by atoms with E-state index in [-0.39, 0.29) is 0 Å². The molecule has 0 unspecified atom stereocenters. The highest BCUT2D eigenvalue weighted by Crippen LogP contribution is 2.14. The molecule has 0 saturated carbocycles. The average molecular weight is 213 g/mol. The van der Waals surface area contributed by atoms with Crippen molar-refractivity contribution in [3.05, 3.63) is 21.9 Å². The second kappa shape index (κ2) is 4.73. The van der Waals surface area contributed by atoms with E-state index in [0.717, 1.165) is 10.4 Å². The molecule has 4 N–H and O–H groups in total. The molecule has 0 spiro atoms. The van der Waals surface area contributed by atoms with Gasteiger partial charge in [0.1, 0.15) is 0 Å². The number of thiophene rings is 1. The number of aryl methyl sites for hydroxylation is 1. The normalized spacial score (nSPS) is 9.57. The SMILES string of the molecule is Cc1ccsc1CNC(=O)C(=O)NN. The standard InChI is InChI=1S/C8H11N3O2S/c1-5-2-3-14-6(5)4-10-7(12)8(13)11-9/h2-3H,4,9H2,1H3,(H,10,12)(H,11,13). The number of nitrogens with two attached hydrogens (primary N) is 1. The highest BCUT2D eigenvalue weighted by atomic mass is 32.1. The van der Waals surface area contributed by atoms with Crippen LogP contribution in [0.5, 0.6) is 0 Å². The van der Waals surface area contributed by atoms with E-state index in [0.29, 0.717) is 6.54 Å². The molecule has 0 bridgehead atoms. The molecule has 0 atom stereocenters. The zero-order chi connectivity index (χ0) is 10.6. The summed E-state index contributed by atoms with van der Waals surface area (Å²) in [6.45, 7) is 2.30. The molecule has 76 valence electrons. The van der Waals surface area contributed by atoms with Crippen molar-refractivity contribution < 1.29 is 9.59 Å². The molecule has 0 saturated heterocycles. The lowest BCUT2D eigenvalue weighted by atomic mass is 10.3. The number of amides is 2. The first kappa shape index (κ1) is 10.7. The Bertz CT molecular complexity index is 348. The topological polar surface area (TPSA) is 84.2 Å². The van der Waals surface area contributed by atoms with Crippen molar-refractivity contribution in [2.24, 2.45) is 5.84 Å². The van der Waals surface area contributed by atoms with Crippen molar-refractivity contribution in [1.82, 2.24) is 10.7 Å². The Morgan fingerprint density at radius 1 is 1.50 bits per heavy atom. The maximum atomic E-state index is 11.0. The van der Waals surface area contributed by atoms with E-state index in [1.165, 1.54) is 11.3 Å². The maximum absolute atomic E-state index is 11.0. The second-order valence-corrected chi connectivity index (χ2v) is 3.68. The van der Waals surface area contributed by atoms with Crippen molar-refractivity contribution >= 4 is 23.2 Å². The van der Waals surface area contributed by atoms with Gasteiger partial charge in [-0.25, -0.2) is 5.84 Å². The fourth-order valence-electron chi connectivity index (χ4n) is 0.892. The van der Waals surface area contributed by atoms with E-state index in [9.17, 15) is 9.59 Å². The van der Waals surface area contributed by atoms with Gasteiger partial charge in [-0.3, -0.25) is 15.0 Å². The summed E-state index contributed by atoms with van der Waals surface area (Å²) >= 11 is 1.53. The van der Waals surface area contributed by atoms with Gasteiger partial charge < -0.3 is 5.32 Å². The third kappa shape index (κ3) is 2.54. The number of rotatable bonds is 2. The average Bonchev–Trinajstić information content (AvgIpc) is 2.59. The highest BCUT2D eigenvalue weighted by molar-refractivity contribution is 7.10.